The molecule has 1 N–H and O–H groups in total. The fourth-order valence-electron chi connectivity index (χ4n) is 2.18. The summed E-state index contributed by atoms with van der Waals surface area (Å²) < 4.78 is 6.99. The minimum absolute atomic E-state index is 0.0479. The third-order valence-corrected chi connectivity index (χ3v) is 3.45. The average Bonchev–Trinajstić information content (AvgIpc) is 3.24. The van der Waals surface area contributed by atoms with Crippen molar-refractivity contribution in [3.05, 3.63) is 42.4 Å². The number of hydrogen-bond acceptors (Lipinski definition) is 6. The zero-order valence-electron chi connectivity index (χ0n) is 14.6. The maximum atomic E-state index is 12.0. The number of nitrogens with zero attached hydrogens (tertiary/aromatic N) is 5. The van der Waals surface area contributed by atoms with Crippen LogP contribution in [0.3, 0.4) is 0 Å². The molecule has 0 saturated heterocycles. The van der Waals surface area contributed by atoms with Crippen molar-refractivity contribution in [1.82, 2.24) is 30.0 Å². The molecule has 3 aromatic rings. The topological polar surface area (TPSA) is 98.7 Å². The Balaban J connectivity index is 1.86. The lowest BCUT2D eigenvalue weighted by Crippen LogP contribution is -2.30. The van der Waals surface area contributed by atoms with Gasteiger partial charge in [0.2, 0.25) is 0 Å². The molecule has 0 bridgehead atoms. The van der Waals surface area contributed by atoms with Gasteiger partial charge in [-0.2, -0.15) is 4.98 Å². The number of rotatable bonds is 5. The van der Waals surface area contributed by atoms with Crippen LogP contribution in [0.5, 0.6) is 0 Å². The van der Waals surface area contributed by atoms with Gasteiger partial charge in [-0.05, 0) is 26.0 Å². The summed E-state index contributed by atoms with van der Waals surface area (Å²) in [6, 6.07) is 3.65. The van der Waals surface area contributed by atoms with E-state index < -0.39 is 0 Å². The van der Waals surface area contributed by atoms with Gasteiger partial charge >= 0.3 is 0 Å². The molecule has 0 aliphatic rings. The molecule has 0 radical (unpaired) electrons. The number of hydrogen-bond donors (Lipinski definition) is 1. The molecule has 3 heterocycles. The van der Waals surface area contributed by atoms with E-state index >= 15 is 0 Å². The monoisotopic (exact) mass is 340 g/mol. The third-order valence-electron chi connectivity index (χ3n) is 3.45. The lowest BCUT2D eigenvalue weighted by atomic mass is 10.2. The minimum Gasteiger partial charge on any atom is -0.348 e. The number of carbonyl (C=O) groups is 1. The Hall–Kier alpha value is -3.03. The first-order chi connectivity index (χ1) is 11.9. The number of nitrogens with one attached hydrogen (secondary N) is 1. The average molecular weight is 340 g/mol. The Labute approximate surface area is 145 Å². The summed E-state index contributed by atoms with van der Waals surface area (Å²) in [7, 11) is 0. The zero-order chi connectivity index (χ0) is 18.0. The summed E-state index contributed by atoms with van der Waals surface area (Å²) in [6.07, 6.45) is 4.84. The normalized spacial score (nSPS) is 11.3. The fraction of sp³-hybridized carbons (Fsp3) is 0.353. The van der Waals surface area contributed by atoms with Crippen LogP contribution >= 0.6 is 0 Å². The maximum Gasteiger partial charge on any atom is 0.271 e. The second-order valence-electron chi connectivity index (χ2n) is 6.31. The van der Waals surface area contributed by atoms with Crippen molar-refractivity contribution < 1.29 is 9.32 Å². The van der Waals surface area contributed by atoms with Crippen molar-refractivity contribution in [3.8, 4) is 17.3 Å². The Morgan fingerprint density at radius 2 is 2.04 bits per heavy atom. The molecule has 0 saturated carbocycles. The van der Waals surface area contributed by atoms with Gasteiger partial charge in [-0.3, -0.25) is 9.36 Å². The van der Waals surface area contributed by atoms with Crippen LogP contribution in [0.15, 0.2) is 35.4 Å². The summed E-state index contributed by atoms with van der Waals surface area (Å²) in [5.74, 6) is 1.67. The molecule has 8 heteroatoms. The predicted molar refractivity (Wildman–Crippen MR) is 91.3 cm³/mol. The minimum atomic E-state index is -0.219. The van der Waals surface area contributed by atoms with Crippen molar-refractivity contribution in [2.75, 3.05) is 0 Å². The molecule has 0 unspecified atom stereocenters. The van der Waals surface area contributed by atoms with Crippen LogP contribution < -0.4 is 5.32 Å². The van der Waals surface area contributed by atoms with Gasteiger partial charge in [-0.1, -0.05) is 19.0 Å². The van der Waals surface area contributed by atoms with E-state index in [1.165, 1.54) is 0 Å². The maximum absolute atomic E-state index is 12.0. The van der Waals surface area contributed by atoms with Gasteiger partial charge in [0.1, 0.15) is 17.8 Å². The van der Waals surface area contributed by atoms with Crippen molar-refractivity contribution in [2.24, 2.45) is 0 Å². The van der Waals surface area contributed by atoms with Crippen molar-refractivity contribution >= 4 is 5.91 Å². The van der Waals surface area contributed by atoms with Gasteiger partial charge in [0, 0.05) is 29.9 Å². The highest BCUT2D eigenvalue weighted by Gasteiger charge is 2.14. The molecule has 3 aromatic heterocycles. The Morgan fingerprint density at radius 3 is 2.72 bits per heavy atom. The van der Waals surface area contributed by atoms with Gasteiger partial charge in [-0.25, -0.2) is 9.97 Å². The van der Waals surface area contributed by atoms with Crippen LogP contribution in [0.25, 0.3) is 17.3 Å². The molecule has 0 fully saturated rings. The molecule has 0 aromatic carbocycles. The molecule has 130 valence electrons. The summed E-state index contributed by atoms with van der Waals surface area (Å²) in [6.45, 7) is 7.80. The van der Waals surface area contributed by atoms with Crippen molar-refractivity contribution in [3.63, 3.8) is 0 Å². The molecule has 0 aliphatic carbocycles. The molecule has 8 nitrogen and oxygen atoms in total. The van der Waals surface area contributed by atoms with E-state index in [2.05, 4.69) is 25.4 Å². The van der Waals surface area contributed by atoms with Gasteiger partial charge in [-0.15, -0.1) is 0 Å². The molecule has 0 aliphatic heterocycles. The summed E-state index contributed by atoms with van der Waals surface area (Å²) in [4.78, 5) is 24.8. The van der Waals surface area contributed by atoms with Crippen LogP contribution in [-0.4, -0.2) is 36.6 Å². The van der Waals surface area contributed by atoms with Crippen molar-refractivity contribution in [2.45, 2.75) is 39.7 Å². The van der Waals surface area contributed by atoms with Gasteiger partial charge < -0.3 is 9.84 Å². The highest BCUT2D eigenvalue weighted by atomic mass is 16.5. The van der Waals surface area contributed by atoms with Gasteiger partial charge in [0.25, 0.3) is 11.8 Å². The molecule has 0 atom stereocenters. The first-order valence-corrected chi connectivity index (χ1v) is 8.09. The number of pyridine rings is 1. The molecular formula is C17H20N6O2. The van der Waals surface area contributed by atoms with Crippen LogP contribution in [-0.2, 0) is 0 Å². The standard InChI is InChI=1S/C17H20N6O2/c1-10(2)15-21-17(25-22-15)12-5-6-18-14(7-12)23-8-13(19-9-23)16(24)20-11(3)4/h5-11H,1-4H3,(H,20,24). The molecule has 3 rings (SSSR count). The number of aromatic nitrogens is 5. The highest BCUT2D eigenvalue weighted by Crippen LogP contribution is 2.21. The molecule has 25 heavy (non-hydrogen) atoms. The fourth-order valence-corrected chi connectivity index (χ4v) is 2.18. The first kappa shape index (κ1) is 16.8. The second kappa shape index (κ2) is 6.84. The van der Waals surface area contributed by atoms with E-state index in [0.29, 0.717) is 23.2 Å². The smallest absolute Gasteiger partial charge is 0.271 e. The van der Waals surface area contributed by atoms with E-state index in [-0.39, 0.29) is 17.9 Å². The second-order valence-corrected chi connectivity index (χ2v) is 6.31. The van der Waals surface area contributed by atoms with Crippen LogP contribution in [0, 0.1) is 0 Å². The van der Waals surface area contributed by atoms with Gasteiger partial charge in [0.05, 0.1) is 0 Å². The number of carbonyl (C=O) groups excluding carboxylic acids is 1. The summed E-state index contributed by atoms with van der Waals surface area (Å²) in [5, 5.41) is 6.78. The van der Waals surface area contributed by atoms with Crippen LogP contribution in [0.4, 0.5) is 0 Å². The van der Waals surface area contributed by atoms with Crippen molar-refractivity contribution in [1.29, 1.82) is 0 Å². The third kappa shape index (κ3) is 3.73. The highest BCUT2D eigenvalue weighted by molar-refractivity contribution is 5.92. The number of amides is 1. The quantitative estimate of drug-likeness (QED) is 0.766. The van der Waals surface area contributed by atoms with E-state index in [1.807, 2.05) is 33.8 Å². The number of imidazole rings is 1. The van der Waals surface area contributed by atoms with Gasteiger partial charge in [0.15, 0.2) is 5.82 Å². The Kier molecular flexibility index (Phi) is 4.60. The van der Waals surface area contributed by atoms with E-state index in [9.17, 15) is 4.79 Å². The molecule has 1 amide bonds. The molecular weight excluding hydrogens is 320 g/mol. The van der Waals surface area contributed by atoms with E-state index in [1.54, 1.807) is 29.4 Å². The Morgan fingerprint density at radius 1 is 1.24 bits per heavy atom. The summed E-state index contributed by atoms with van der Waals surface area (Å²) >= 11 is 0. The van der Waals surface area contributed by atoms with Crippen LogP contribution in [0.1, 0.15) is 49.9 Å². The predicted octanol–water partition coefficient (Wildman–Crippen LogP) is 2.58. The van der Waals surface area contributed by atoms with E-state index in [4.69, 9.17) is 4.52 Å². The summed E-state index contributed by atoms with van der Waals surface area (Å²) in [5.41, 5.74) is 1.09. The van der Waals surface area contributed by atoms with E-state index in [0.717, 1.165) is 5.56 Å². The largest absolute Gasteiger partial charge is 0.348 e. The lowest BCUT2D eigenvalue weighted by Gasteiger charge is -2.05. The SMILES string of the molecule is CC(C)NC(=O)c1cn(-c2cc(-c3nc(C(C)C)no3)ccn2)cn1. The Bertz CT molecular complexity index is 881. The van der Waals surface area contributed by atoms with Crippen LogP contribution in [0.2, 0.25) is 0 Å². The zero-order valence-corrected chi connectivity index (χ0v) is 14.6. The molecule has 0 spiro atoms. The lowest BCUT2D eigenvalue weighted by molar-refractivity contribution is 0.0938. The first-order valence-electron chi connectivity index (χ1n) is 8.09.